The molecule has 1 aromatic heterocycles. The van der Waals surface area contributed by atoms with Gasteiger partial charge in [0.25, 0.3) is 0 Å². The molecule has 2 N–H and O–H groups in total. The molecule has 3 atom stereocenters. The highest BCUT2D eigenvalue weighted by Gasteiger charge is 2.65. The fourth-order valence-corrected chi connectivity index (χ4v) is 4.84. The van der Waals surface area contributed by atoms with Crippen LogP contribution in [0.15, 0.2) is 18.2 Å². The molecule has 9 heteroatoms. The topological polar surface area (TPSA) is 87.6 Å². The molecular weight excluding hydrogens is 413 g/mol. The van der Waals surface area contributed by atoms with E-state index in [2.05, 4.69) is 0 Å². The Morgan fingerprint density at radius 2 is 1.77 bits per heavy atom. The average Bonchev–Trinajstić information content (AvgIpc) is 3.13. The van der Waals surface area contributed by atoms with Crippen molar-refractivity contribution in [2.45, 2.75) is 70.1 Å². The number of benzene rings is 1. The van der Waals surface area contributed by atoms with Crippen LogP contribution in [0.3, 0.4) is 0 Å². The molecule has 31 heavy (non-hydrogen) atoms. The fraction of sp³-hybridized carbons (Fsp3) is 0.500. The van der Waals surface area contributed by atoms with Crippen molar-refractivity contribution in [1.29, 1.82) is 5.26 Å². The van der Waals surface area contributed by atoms with Crippen molar-refractivity contribution in [2.75, 3.05) is 0 Å². The lowest BCUT2D eigenvalue weighted by molar-refractivity contribution is -0.142. The molecule has 0 spiro atoms. The number of aromatic hydroxyl groups is 2. The minimum Gasteiger partial charge on any atom is -0.494 e. The van der Waals surface area contributed by atoms with E-state index in [0.717, 1.165) is 16.7 Å². The molecule has 2 aromatic rings. The van der Waals surface area contributed by atoms with E-state index in [1.54, 1.807) is 13.8 Å². The minimum atomic E-state index is -4.77. The number of halogens is 3. The zero-order chi connectivity index (χ0) is 23.1. The van der Waals surface area contributed by atoms with Gasteiger partial charge >= 0.3 is 6.18 Å². The Labute approximate surface area is 177 Å². The molecule has 1 aromatic carbocycles. The van der Waals surface area contributed by atoms with E-state index in [1.807, 2.05) is 20.8 Å². The molecule has 0 radical (unpaired) electrons. The maximum atomic E-state index is 13.4. The Morgan fingerprint density at radius 3 is 2.32 bits per heavy atom. The van der Waals surface area contributed by atoms with Gasteiger partial charge in [0.05, 0.1) is 51.3 Å². The molecule has 0 unspecified atom stereocenters. The number of alkyl halides is 3. The van der Waals surface area contributed by atoms with Gasteiger partial charge in [-0.1, -0.05) is 0 Å². The molecule has 2 aliphatic heterocycles. The van der Waals surface area contributed by atoms with E-state index in [1.165, 1.54) is 12.1 Å². The van der Waals surface area contributed by atoms with Crippen LogP contribution in [0.4, 0.5) is 13.2 Å². The van der Waals surface area contributed by atoms with Gasteiger partial charge in [0.1, 0.15) is 5.60 Å². The van der Waals surface area contributed by atoms with Crippen molar-refractivity contribution in [3.05, 3.63) is 40.5 Å². The second kappa shape index (κ2) is 6.17. The molecular formula is C22H23F3N2O4. The molecule has 6 nitrogen and oxygen atoms in total. The van der Waals surface area contributed by atoms with Gasteiger partial charge in [0.15, 0.2) is 0 Å². The highest BCUT2D eigenvalue weighted by Crippen LogP contribution is 2.65. The van der Waals surface area contributed by atoms with Gasteiger partial charge in [-0.05, 0) is 52.8 Å². The van der Waals surface area contributed by atoms with Crippen molar-refractivity contribution < 1.29 is 32.9 Å². The molecule has 0 saturated carbocycles. The van der Waals surface area contributed by atoms with Crippen LogP contribution in [-0.4, -0.2) is 26.5 Å². The van der Waals surface area contributed by atoms with Gasteiger partial charge in [-0.2, -0.15) is 18.4 Å². The molecule has 2 bridgehead atoms. The van der Waals surface area contributed by atoms with Crippen LogP contribution in [0.5, 0.6) is 11.8 Å². The average molecular weight is 436 g/mol. The van der Waals surface area contributed by atoms with Crippen molar-refractivity contribution in [1.82, 2.24) is 4.57 Å². The van der Waals surface area contributed by atoms with Gasteiger partial charge in [-0.15, -0.1) is 0 Å². The SMILES string of the molecule is CC(C)(C)O[C@H]1C[C@@]2(C)O[C@]1(C)c1c2c(O)n(-c2ccc(C#N)c(C(F)(F)F)c2)c1O. The lowest BCUT2D eigenvalue weighted by atomic mass is 9.78. The standard InChI is InChI=1S/C22H23F3N2O4/c1-19(2,3)30-14-9-20(4)15-16(21(14,5)31-20)18(29)27(17(15)28)12-7-6-11(10-26)13(8-12)22(23,24)25/h6-8,14,28-29H,9H2,1-5H3/t14-,20+,21-/m0/s1. The van der Waals surface area contributed by atoms with Crippen LogP contribution in [0, 0.1) is 11.3 Å². The summed E-state index contributed by atoms with van der Waals surface area (Å²) < 4.78 is 53.6. The summed E-state index contributed by atoms with van der Waals surface area (Å²) in [4.78, 5) is 0. The summed E-state index contributed by atoms with van der Waals surface area (Å²) in [6.45, 7) is 9.17. The molecule has 4 rings (SSSR count). The first kappa shape index (κ1) is 21.5. The zero-order valence-corrected chi connectivity index (χ0v) is 17.8. The maximum absolute atomic E-state index is 13.4. The van der Waals surface area contributed by atoms with Gasteiger partial charge in [-0.25, -0.2) is 0 Å². The summed E-state index contributed by atoms with van der Waals surface area (Å²) in [7, 11) is 0. The third kappa shape index (κ3) is 3.00. The van der Waals surface area contributed by atoms with E-state index in [9.17, 15) is 23.4 Å². The second-order valence-corrected chi connectivity index (χ2v) is 9.44. The number of ether oxygens (including phenoxy) is 2. The number of nitriles is 1. The number of nitrogens with zero attached hydrogens (tertiary/aromatic N) is 2. The first-order chi connectivity index (χ1) is 14.1. The predicted molar refractivity (Wildman–Crippen MR) is 104 cm³/mol. The number of hydrogen-bond donors (Lipinski definition) is 2. The molecule has 0 aliphatic carbocycles. The van der Waals surface area contributed by atoms with E-state index in [0.29, 0.717) is 17.5 Å². The smallest absolute Gasteiger partial charge is 0.417 e. The van der Waals surface area contributed by atoms with Crippen molar-refractivity contribution in [3.8, 4) is 23.5 Å². The quantitative estimate of drug-likeness (QED) is 0.704. The number of hydrogen-bond acceptors (Lipinski definition) is 5. The molecule has 0 amide bonds. The lowest BCUT2D eigenvalue weighted by Crippen LogP contribution is -2.40. The van der Waals surface area contributed by atoms with Crippen LogP contribution in [0.2, 0.25) is 0 Å². The summed E-state index contributed by atoms with van der Waals surface area (Å²) >= 11 is 0. The van der Waals surface area contributed by atoms with Gasteiger partial charge in [0.2, 0.25) is 11.8 Å². The van der Waals surface area contributed by atoms with E-state index >= 15 is 0 Å². The largest absolute Gasteiger partial charge is 0.494 e. The normalized spacial score (nSPS) is 27.4. The van der Waals surface area contributed by atoms with Crippen molar-refractivity contribution in [2.24, 2.45) is 0 Å². The van der Waals surface area contributed by atoms with E-state index in [-0.39, 0.29) is 5.69 Å². The van der Waals surface area contributed by atoms with Gasteiger partial charge in [0, 0.05) is 6.42 Å². The first-order valence-corrected chi connectivity index (χ1v) is 9.80. The highest BCUT2D eigenvalue weighted by molar-refractivity contribution is 5.62. The Bertz CT molecular complexity index is 1130. The second-order valence-electron chi connectivity index (χ2n) is 9.44. The third-order valence-corrected chi connectivity index (χ3v) is 5.96. The summed E-state index contributed by atoms with van der Waals surface area (Å²) in [5.41, 5.74) is -3.74. The van der Waals surface area contributed by atoms with Crippen LogP contribution in [-0.2, 0) is 26.9 Å². The number of rotatable bonds is 2. The molecule has 1 fully saturated rings. The Morgan fingerprint density at radius 1 is 1.16 bits per heavy atom. The van der Waals surface area contributed by atoms with E-state index < -0.39 is 52.0 Å². The molecule has 1 saturated heterocycles. The Kier molecular flexibility index (Phi) is 4.29. The third-order valence-electron chi connectivity index (χ3n) is 5.96. The summed E-state index contributed by atoms with van der Waals surface area (Å²) in [5.74, 6) is -0.815. The summed E-state index contributed by atoms with van der Waals surface area (Å²) in [6.07, 6.45) is -4.79. The Balaban J connectivity index is 1.90. The first-order valence-electron chi connectivity index (χ1n) is 9.80. The van der Waals surface area contributed by atoms with Crippen molar-refractivity contribution >= 4 is 0 Å². The van der Waals surface area contributed by atoms with Crippen LogP contribution < -0.4 is 0 Å². The monoisotopic (exact) mass is 436 g/mol. The summed E-state index contributed by atoms with van der Waals surface area (Å²) in [6, 6.07) is 4.53. The number of aromatic nitrogens is 1. The van der Waals surface area contributed by atoms with Crippen LogP contribution in [0.25, 0.3) is 5.69 Å². The predicted octanol–water partition coefficient (Wildman–Crippen LogP) is 4.83. The fourth-order valence-electron chi connectivity index (χ4n) is 4.84. The summed E-state index contributed by atoms with van der Waals surface area (Å²) in [5, 5.41) is 31.0. The lowest BCUT2D eigenvalue weighted by Gasteiger charge is -2.35. The molecule has 3 heterocycles. The molecule has 2 aliphatic rings. The van der Waals surface area contributed by atoms with Gasteiger partial charge < -0.3 is 19.7 Å². The van der Waals surface area contributed by atoms with E-state index in [4.69, 9.17) is 14.7 Å². The maximum Gasteiger partial charge on any atom is 0.417 e. The highest BCUT2D eigenvalue weighted by atomic mass is 19.4. The van der Waals surface area contributed by atoms with Crippen LogP contribution in [0.1, 0.15) is 63.3 Å². The van der Waals surface area contributed by atoms with Gasteiger partial charge in [-0.3, -0.25) is 4.57 Å². The molecule has 166 valence electrons. The Hall–Kier alpha value is -2.70. The van der Waals surface area contributed by atoms with Crippen LogP contribution >= 0.6 is 0 Å². The minimum absolute atomic E-state index is 0.115. The number of fused-ring (bicyclic) bond motifs is 5. The zero-order valence-electron chi connectivity index (χ0n) is 17.8. The van der Waals surface area contributed by atoms with Crippen molar-refractivity contribution in [3.63, 3.8) is 0 Å².